The molecule has 2 aromatic heterocycles. The van der Waals surface area contributed by atoms with Gasteiger partial charge in [-0.2, -0.15) is 5.10 Å². The summed E-state index contributed by atoms with van der Waals surface area (Å²) in [6.07, 6.45) is 5.28. The van der Waals surface area contributed by atoms with Crippen LogP contribution in [0.3, 0.4) is 0 Å². The highest BCUT2D eigenvalue weighted by Gasteiger charge is 2.26. The van der Waals surface area contributed by atoms with Gasteiger partial charge in [-0.25, -0.2) is 9.50 Å². The van der Waals surface area contributed by atoms with E-state index in [-0.39, 0.29) is 11.9 Å². The number of anilines is 1. The summed E-state index contributed by atoms with van der Waals surface area (Å²) in [4.78, 5) is 18.2. The Labute approximate surface area is 111 Å². The lowest BCUT2D eigenvalue weighted by molar-refractivity contribution is -0.146. The summed E-state index contributed by atoms with van der Waals surface area (Å²) in [6, 6.07) is 3.84. The minimum absolute atomic E-state index is 0.0277. The second-order valence-corrected chi connectivity index (χ2v) is 4.70. The summed E-state index contributed by atoms with van der Waals surface area (Å²) >= 11 is 0. The lowest BCUT2D eigenvalue weighted by atomic mass is 9.97. The smallest absolute Gasteiger partial charge is 0.308 e. The average molecular weight is 260 g/mol. The van der Waals surface area contributed by atoms with Gasteiger partial charge in [-0.15, -0.1) is 0 Å². The predicted octanol–water partition coefficient (Wildman–Crippen LogP) is 1.12. The second kappa shape index (κ2) is 4.87. The molecule has 0 unspecified atom stereocenters. The zero-order valence-electron chi connectivity index (χ0n) is 10.8. The van der Waals surface area contributed by atoms with E-state index in [1.807, 2.05) is 18.3 Å². The summed E-state index contributed by atoms with van der Waals surface area (Å²) in [5.74, 6) is 0.870. The van der Waals surface area contributed by atoms with Crippen molar-refractivity contribution in [1.82, 2.24) is 14.6 Å². The van der Waals surface area contributed by atoms with Gasteiger partial charge in [0.15, 0.2) is 5.65 Å². The van der Waals surface area contributed by atoms with Crippen LogP contribution in [0.4, 0.5) is 5.82 Å². The largest absolute Gasteiger partial charge is 0.469 e. The van der Waals surface area contributed by atoms with E-state index in [4.69, 9.17) is 4.74 Å². The van der Waals surface area contributed by atoms with Gasteiger partial charge in [-0.1, -0.05) is 0 Å². The van der Waals surface area contributed by atoms with Crippen molar-refractivity contribution < 1.29 is 9.53 Å². The number of carbonyl (C=O) groups excluding carboxylic acids is 1. The summed E-state index contributed by atoms with van der Waals surface area (Å²) in [7, 11) is 1.45. The molecule has 0 aromatic carbocycles. The van der Waals surface area contributed by atoms with Gasteiger partial charge in [0, 0.05) is 25.4 Å². The summed E-state index contributed by atoms with van der Waals surface area (Å²) in [6.45, 7) is 1.66. The molecule has 0 N–H and O–H groups in total. The van der Waals surface area contributed by atoms with Crippen molar-refractivity contribution in [3.8, 4) is 0 Å². The van der Waals surface area contributed by atoms with Gasteiger partial charge in [-0.3, -0.25) is 4.79 Å². The Balaban J connectivity index is 1.72. The van der Waals surface area contributed by atoms with Gasteiger partial charge in [-0.05, 0) is 18.9 Å². The number of carbonyl (C=O) groups is 1. The Morgan fingerprint density at radius 1 is 1.37 bits per heavy atom. The zero-order valence-corrected chi connectivity index (χ0v) is 10.8. The highest BCUT2D eigenvalue weighted by atomic mass is 16.5. The maximum Gasteiger partial charge on any atom is 0.308 e. The topological polar surface area (TPSA) is 59.7 Å². The molecular weight excluding hydrogens is 244 g/mol. The molecule has 6 heteroatoms. The maximum absolute atomic E-state index is 11.5. The van der Waals surface area contributed by atoms with Gasteiger partial charge in [0.1, 0.15) is 5.82 Å². The molecule has 0 bridgehead atoms. The molecule has 1 aliphatic heterocycles. The third-order valence-electron chi connectivity index (χ3n) is 3.60. The van der Waals surface area contributed by atoms with Crippen LogP contribution in [0.1, 0.15) is 12.8 Å². The van der Waals surface area contributed by atoms with Crippen molar-refractivity contribution >= 4 is 17.4 Å². The minimum Gasteiger partial charge on any atom is -0.469 e. The molecule has 2 aromatic rings. The first-order valence-corrected chi connectivity index (χ1v) is 6.41. The van der Waals surface area contributed by atoms with Crippen LogP contribution in [0.15, 0.2) is 24.5 Å². The maximum atomic E-state index is 11.5. The molecule has 6 nitrogen and oxygen atoms in total. The highest BCUT2D eigenvalue weighted by Crippen LogP contribution is 2.22. The van der Waals surface area contributed by atoms with Crippen molar-refractivity contribution in [2.24, 2.45) is 5.92 Å². The molecule has 1 aliphatic rings. The van der Waals surface area contributed by atoms with Crippen molar-refractivity contribution in [3.63, 3.8) is 0 Å². The van der Waals surface area contributed by atoms with Gasteiger partial charge < -0.3 is 9.64 Å². The van der Waals surface area contributed by atoms with E-state index in [1.54, 1.807) is 10.7 Å². The van der Waals surface area contributed by atoms with Crippen LogP contribution >= 0.6 is 0 Å². The number of fused-ring (bicyclic) bond motifs is 1. The van der Waals surface area contributed by atoms with Crippen LogP contribution in [0.25, 0.3) is 5.65 Å². The zero-order chi connectivity index (χ0) is 13.2. The Kier molecular flexibility index (Phi) is 3.06. The third-order valence-corrected chi connectivity index (χ3v) is 3.60. The Morgan fingerprint density at radius 2 is 2.16 bits per heavy atom. The van der Waals surface area contributed by atoms with E-state index in [2.05, 4.69) is 15.0 Å². The molecule has 100 valence electrons. The Hall–Kier alpha value is -2.11. The number of ether oxygens (including phenoxy) is 1. The fraction of sp³-hybridized carbons (Fsp3) is 0.462. The van der Waals surface area contributed by atoms with Crippen molar-refractivity contribution in [2.45, 2.75) is 12.8 Å². The summed E-state index contributed by atoms with van der Waals surface area (Å²) in [5, 5.41) is 4.13. The number of aromatic nitrogens is 3. The van der Waals surface area contributed by atoms with Crippen LogP contribution in [0, 0.1) is 5.92 Å². The van der Waals surface area contributed by atoms with Crippen molar-refractivity contribution in [3.05, 3.63) is 24.5 Å². The van der Waals surface area contributed by atoms with Crippen LogP contribution < -0.4 is 4.90 Å². The Bertz CT molecular complexity index is 587. The van der Waals surface area contributed by atoms with E-state index in [0.717, 1.165) is 37.4 Å². The lowest BCUT2D eigenvalue weighted by Gasteiger charge is -2.31. The van der Waals surface area contributed by atoms with E-state index in [1.165, 1.54) is 7.11 Å². The molecule has 1 fully saturated rings. The number of esters is 1. The molecule has 0 spiro atoms. The highest BCUT2D eigenvalue weighted by molar-refractivity contribution is 5.72. The normalized spacial score (nSPS) is 16.8. The fourth-order valence-electron chi connectivity index (χ4n) is 2.49. The van der Waals surface area contributed by atoms with E-state index in [0.29, 0.717) is 0 Å². The molecule has 19 heavy (non-hydrogen) atoms. The standard InChI is InChI=1S/C13H16N4O2/c1-19-13(18)10-3-7-16(8-4-10)11-5-9-17-12(15-11)2-6-14-17/h2,5-6,9-10H,3-4,7-8H2,1H3. The summed E-state index contributed by atoms with van der Waals surface area (Å²) < 4.78 is 6.53. The van der Waals surface area contributed by atoms with Crippen LogP contribution in [0.5, 0.6) is 0 Å². The van der Waals surface area contributed by atoms with Crippen LogP contribution in [0.2, 0.25) is 0 Å². The number of rotatable bonds is 2. The molecule has 3 heterocycles. The number of piperidine rings is 1. The summed E-state index contributed by atoms with van der Waals surface area (Å²) in [5.41, 5.74) is 0.840. The van der Waals surface area contributed by atoms with Gasteiger partial charge in [0.2, 0.25) is 0 Å². The quantitative estimate of drug-likeness (QED) is 0.757. The molecule has 0 saturated carbocycles. The number of nitrogens with zero attached hydrogens (tertiary/aromatic N) is 4. The predicted molar refractivity (Wildman–Crippen MR) is 69.9 cm³/mol. The Morgan fingerprint density at radius 3 is 2.89 bits per heavy atom. The first-order valence-electron chi connectivity index (χ1n) is 6.41. The van der Waals surface area contributed by atoms with Gasteiger partial charge in [0.25, 0.3) is 0 Å². The fourth-order valence-corrected chi connectivity index (χ4v) is 2.49. The molecule has 0 aliphatic carbocycles. The lowest BCUT2D eigenvalue weighted by Crippen LogP contribution is -2.37. The SMILES string of the molecule is COC(=O)C1CCN(c2ccn3nccc3n2)CC1. The van der Waals surface area contributed by atoms with Gasteiger partial charge in [0.05, 0.1) is 19.2 Å². The molecular formula is C13H16N4O2. The van der Waals surface area contributed by atoms with Crippen molar-refractivity contribution in [1.29, 1.82) is 0 Å². The number of hydrogen-bond donors (Lipinski definition) is 0. The third kappa shape index (κ3) is 2.25. The molecule has 1 saturated heterocycles. The van der Waals surface area contributed by atoms with E-state index >= 15 is 0 Å². The van der Waals surface area contributed by atoms with Gasteiger partial charge >= 0.3 is 5.97 Å². The number of methoxy groups -OCH3 is 1. The molecule has 0 atom stereocenters. The second-order valence-electron chi connectivity index (χ2n) is 4.70. The molecule has 0 radical (unpaired) electrons. The monoisotopic (exact) mass is 260 g/mol. The van der Waals surface area contributed by atoms with Crippen LogP contribution in [-0.2, 0) is 9.53 Å². The van der Waals surface area contributed by atoms with E-state index in [9.17, 15) is 4.79 Å². The molecule has 3 rings (SSSR count). The first-order chi connectivity index (χ1) is 9.28. The first kappa shape index (κ1) is 12.0. The minimum atomic E-state index is -0.0983. The van der Waals surface area contributed by atoms with E-state index < -0.39 is 0 Å². The number of hydrogen-bond acceptors (Lipinski definition) is 5. The molecule has 0 amide bonds. The average Bonchev–Trinajstić information content (AvgIpc) is 2.94. The van der Waals surface area contributed by atoms with Crippen molar-refractivity contribution in [2.75, 3.05) is 25.1 Å². The van der Waals surface area contributed by atoms with Crippen LogP contribution in [-0.4, -0.2) is 40.8 Å².